The summed E-state index contributed by atoms with van der Waals surface area (Å²) < 4.78 is 20.9. The lowest BCUT2D eigenvalue weighted by molar-refractivity contribution is 0.101. The van der Waals surface area contributed by atoms with Crippen molar-refractivity contribution in [2.24, 2.45) is 0 Å². The average molecular weight is 438 g/mol. The fourth-order valence-electron chi connectivity index (χ4n) is 3.54. The van der Waals surface area contributed by atoms with Gasteiger partial charge in [-0.05, 0) is 42.5 Å². The van der Waals surface area contributed by atoms with Crippen LogP contribution in [0.3, 0.4) is 0 Å². The van der Waals surface area contributed by atoms with Crippen molar-refractivity contribution in [1.82, 2.24) is 14.6 Å². The fraction of sp³-hybridized carbons (Fsp3) is 0.0385. The summed E-state index contributed by atoms with van der Waals surface area (Å²) in [6.45, 7) is 0. The molecular formula is C26H19FN4O2. The van der Waals surface area contributed by atoms with Crippen LogP contribution in [0.5, 0.6) is 5.75 Å². The summed E-state index contributed by atoms with van der Waals surface area (Å²) in [5.74, 6) is -0.296. The van der Waals surface area contributed by atoms with Crippen molar-refractivity contribution in [2.45, 2.75) is 0 Å². The first kappa shape index (κ1) is 20.4. The number of benzene rings is 3. The SMILES string of the molecule is COc1ccc(-c2cc(C(=O)Nc3ccccc3F)n3nc(-c4ccccc4)cc3n2)cc1. The van der Waals surface area contributed by atoms with Crippen molar-refractivity contribution >= 4 is 17.2 Å². The zero-order chi connectivity index (χ0) is 22.8. The molecule has 0 saturated carbocycles. The van der Waals surface area contributed by atoms with Gasteiger partial charge in [0.25, 0.3) is 5.91 Å². The van der Waals surface area contributed by atoms with Crippen molar-refractivity contribution in [3.63, 3.8) is 0 Å². The van der Waals surface area contributed by atoms with Crippen molar-refractivity contribution in [3.8, 4) is 28.3 Å². The number of ether oxygens (including phenoxy) is 1. The molecule has 0 saturated heterocycles. The Morgan fingerprint density at radius 2 is 1.58 bits per heavy atom. The second kappa shape index (κ2) is 8.55. The lowest BCUT2D eigenvalue weighted by atomic mass is 10.1. The number of methoxy groups -OCH3 is 1. The molecule has 33 heavy (non-hydrogen) atoms. The molecule has 0 bridgehead atoms. The molecule has 0 fully saturated rings. The maximum absolute atomic E-state index is 14.2. The normalized spacial score (nSPS) is 10.8. The lowest BCUT2D eigenvalue weighted by Gasteiger charge is -2.10. The maximum atomic E-state index is 14.2. The van der Waals surface area contributed by atoms with Gasteiger partial charge in [-0.3, -0.25) is 4.79 Å². The van der Waals surface area contributed by atoms with Gasteiger partial charge in [0.15, 0.2) is 5.65 Å². The molecule has 2 aromatic heterocycles. The number of anilines is 1. The molecule has 162 valence electrons. The van der Waals surface area contributed by atoms with Gasteiger partial charge in [-0.15, -0.1) is 0 Å². The van der Waals surface area contributed by atoms with Crippen LogP contribution in [0.2, 0.25) is 0 Å². The number of para-hydroxylation sites is 1. The summed E-state index contributed by atoms with van der Waals surface area (Å²) in [4.78, 5) is 17.9. The molecule has 5 rings (SSSR count). The minimum atomic E-state index is -0.517. The molecule has 7 heteroatoms. The van der Waals surface area contributed by atoms with E-state index in [-0.39, 0.29) is 11.4 Å². The highest BCUT2D eigenvalue weighted by atomic mass is 19.1. The number of amides is 1. The summed E-state index contributed by atoms with van der Waals surface area (Å²) in [7, 11) is 1.60. The van der Waals surface area contributed by atoms with Crippen LogP contribution in [0.4, 0.5) is 10.1 Å². The summed E-state index contributed by atoms with van der Waals surface area (Å²) in [6, 6.07) is 26.5. The molecule has 0 aliphatic carbocycles. The third-order valence-corrected chi connectivity index (χ3v) is 5.24. The Bertz CT molecular complexity index is 1450. The monoisotopic (exact) mass is 438 g/mol. The van der Waals surface area contributed by atoms with E-state index in [1.807, 2.05) is 60.7 Å². The van der Waals surface area contributed by atoms with E-state index in [0.717, 1.165) is 11.1 Å². The van der Waals surface area contributed by atoms with E-state index in [9.17, 15) is 9.18 Å². The van der Waals surface area contributed by atoms with Gasteiger partial charge in [0.1, 0.15) is 17.3 Å². The van der Waals surface area contributed by atoms with E-state index >= 15 is 0 Å². The molecule has 0 atom stereocenters. The molecule has 0 unspecified atom stereocenters. The summed E-state index contributed by atoms with van der Waals surface area (Å²) in [6.07, 6.45) is 0. The van der Waals surface area contributed by atoms with Crippen LogP contribution in [-0.2, 0) is 0 Å². The van der Waals surface area contributed by atoms with E-state index in [2.05, 4.69) is 10.4 Å². The van der Waals surface area contributed by atoms with Crippen LogP contribution in [0.1, 0.15) is 10.5 Å². The number of nitrogens with one attached hydrogen (secondary N) is 1. The number of hydrogen-bond acceptors (Lipinski definition) is 4. The Hall–Kier alpha value is -4.52. The minimum absolute atomic E-state index is 0.0916. The van der Waals surface area contributed by atoms with Crippen LogP contribution in [0, 0.1) is 5.82 Å². The van der Waals surface area contributed by atoms with Crippen molar-refractivity contribution < 1.29 is 13.9 Å². The number of aromatic nitrogens is 3. The van der Waals surface area contributed by atoms with Crippen LogP contribution < -0.4 is 10.1 Å². The number of carbonyl (C=O) groups is 1. The number of carbonyl (C=O) groups excluding carboxylic acids is 1. The standard InChI is InChI=1S/C26H19FN4O2/c1-33-19-13-11-18(12-14-19)22-15-24(26(32)29-21-10-6-5-9-20(21)27)31-25(28-22)16-23(30-31)17-7-3-2-4-8-17/h2-16H,1H3,(H,29,32). The Labute approximate surface area is 189 Å². The second-order valence-corrected chi connectivity index (χ2v) is 7.35. The smallest absolute Gasteiger partial charge is 0.274 e. The molecule has 0 spiro atoms. The Morgan fingerprint density at radius 3 is 2.30 bits per heavy atom. The molecule has 6 nitrogen and oxygen atoms in total. The number of rotatable bonds is 5. The first-order chi connectivity index (χ1) is 16.1. The van der Waals surface area contributed by atoms with Gasteiger partial charge in [0.2, 0.25) is 0 Å². The zero-order valence-corrected chi connectivity index (χ0v) is 17.7. The summed E-state index contributed by atoms with van der Waals surface area (Å²) in [5, 5.41) is 7.25. The molecule has 1 amide bonds. The molecular weight excluding hydrogens is 419 g/mol. The first-order valence-electron chi connectivity index (χ1n) is 10.3. The van der Waals surface area contributed by atoms with Crippen molar-refractivity contribution in [1.29, 1.82) is 0 Å². The van der Waals surface area contributed by atoms with Gasteiger partial charge in [-0.1, -0.05) is 42.5 Å². The van der Waals surface area contributed by atoms with Gasteiger partial charge < -0.3 is 10.1 Å². The van der Waals surface area contributed by atoms with Gasteiger partial charge in [0.05, 0.1) is 24.2 Å². The second-order valence-electron chi connectivity index (χ2n) is 7.35. The van der Waals surface area contributed by atoms with Crippen molar-refractivity contribution in [3.05, 3.63) is 103 Å². The van der Waals surface area contributed by atoms with E-state index in [0.29, 0.717) is 22.8 Å². The molecule has 0 aliphatic heterocycles. The van der Waals surface area contributed by atoms with E-state index in [1.54, 1.807) is 25.3 Å². The number of nitrogens with zero attached hydrogens (tertiary/aromatic N) is 3. The lowest BCUT2D eigenvalue weighted by Crippen LogP contribution is -2.18. The van der Waals surface area contributed by atoms with Crippen LogP contribution >= 0.6 is 0 Å². The molecule has 0 aliphatic rings. The average Bonchev–Trinajstić information content (AvgIpc) is 3.30. The topological polar surface area (TPSA) is 68.5 Å². The zero-order valence-electron chi connectivity index (χ0n) is 17.7. The van der Waals surface area contributed by atoms with E-state index < -0.39 is 11.7 Å². The third kappa shape index (κ3) is 4.04. The fourth-order valence-corrected chi connectivity index (χ4v) is 3.54. The minimum Gasteiger partial charge on any atom is -0.497 e. The Kier molecular flexibility index (Phi) is 5.28. The van der Waals surface area contributed by atoms with Gasteiger partial charge in [0, 0.05) is 17.2 Å². The number of hydrogen-bond donors (Lipinski definition) is 1. The predicted molar refractivity (Wildman–Crippen MR) is 125 cm³/mol. The summed E-state index contributed by atoms with van der Waals surface area (Å²) in [5.41, 5.74) is 3.79. The largest absolute Gasteiger partial charge is 0.497 e. The molecule has 5 aromatic rings. The summed E-state index contributed by atoms with van der Waals surface area (Å²) >= 11 is 0. The number of fused-ring (bicyclic) bond motifs is 1. The highest BCUT2D eigenvalue weighted by molar-refractivity contribution is 6.04. The maximum Gasteiger partial charge on any atom is 0.274 e. The quantitative estimate of drug-likeness (QED) is 0.395. The van der Waals surface area contributed by atoms with Crippen molar-refractivity contribution in [2.75, 3.05) is 12.4 Å². The van der Waals surface area contributed by atoms with Crippen LogP contribution in [0.15, 0.2) is 91.0 Å². The Balaban J connectivity index is 1.64. The van der Waals surface area contributed by atoms with Gasteiger partial charge in [-0.25, -0.2) is 13.9 Å². The molecule has 3 aromatic carbocycles. The van der Waals surface area contributed by atoms with Crippen LogP contribution in [-0.4, -0.2) is 27.6 Å². The predicted octanol–water partition coefficient (Wildman–Crippen LogP) is 5.46. The van der Waals surface area contributed by atoms with Gasteiger partial charge in [-0.2, -0.15) is 5.10 Å². The molecule has 1 N–H and O–H groups in total. The number of halogens is 1. The van der Waals surface area contributed by atoms with E-state index in [4.69, 9.17) is 9.72 Å². The molecule has 0 radical (unpaired) electrons. The van der Waals surface area contributed by atoms with E-state index in [1.165, 1.54) is 16.6 Å². The highest BCUT2D eigenvalue weighted by Gasteiger charge is 2.18. The highest BCUT2D eigenvalue weighted by Crippen LogP contribution is 2.26. The van der Waals surface area contributed by atoms with Gasteiger partial charge >= 0.3 is 0 Å². The first-order valence-corrected chi connectivity index (χ1v) is 10.3. The third-order valence-electron chi connectivity index (χ3n) is 5.24. The van der Waals surface area contributed by atoms with Crippen LogP contribution in [0.25, 0.3) is 28.2 Å². The Morgan fingerprint density at radius 1 is 0.879 bits per heavy atom. The molecule has 2 heterocycles.